The van der Waals surface area contributed by atoms with E-state index in [9.17, 15) is 9.18 Å². The van der Waals surface area contributed by atoms with E-state index in [0.29, 0.717) is 30.2 Å². The van der Waals surface area contributed by atoms with Crippen molar-refractivity contribution in [2.75, 3.05) is 34.3 Å². The molecule has 0 saturated heterocycles. The summed E-state index contributed by atoms with van der Waals surface area (Å²) in [6.07, 6.45) is 2.29. The van der Waals surface area contributed by atoms with Gasteiger partial charge in [-0.2, -0.15) is 0 Å². The monoisotopic (exact) mass is 376 g/mol. The molecule has 146 valence electrons. The maximum absolute atomic E-state index is 13.6. The van der Waals surface area contributed by atoms with Gasteiger partial charge in [0.15, 0.2) is 5.96 Å². The fourth-order valence-electron chi connectivity index (χ4n) is 2.25. The van der Waals surface area contributed by atoms with Gasteiger partial charge in [0.1, 0.15) is 17.3 Å². The first-order chi connectivity index (χ1) is 13.0. The van der Waals surface area contributed by atoms with Crippen LogP contribution in [0.15, 0.2) is 46.0 Å². The van der Waals surface area contributed by atoms with Crippen LogP contribution < -0.4 is 15.4 Å². The van der Waals surface area contributed by atoms with Gasteiger partial charge in [0, 0.05) is 33.1 Å². The Morgan fingerprint density at radius 1 is 1.30 bits per heavy atom. The third-order valence-corrected chi connectivity index (χ3v) is 3.74. The number of hydrogen-bond acceptors (Lipinski definition) is 4. The summed E-state index contributed by atoms with van der Waals surface area (Å²) >= 11 is 0. The molecule has 2 N–H and O–H groups in total. The minimum Gasteiger partial charge on any atom is -0.497 e. The number of benzene rings is 1. The van der Waals surface area contributed by atoms with Gasteiger partial charge in [0.25, 0.3) is 0 Å². The summed E-state index contributed by atoms with van der Waals surface area (Å²) in [7, 11) is 4.85. The molecule has 1 aromatic carbocycles. The molecule has 0 atom stereocenters. The van der Waals surface area contributed by atoms with Crippen LogP contribution in [-0.2, 0) is 17.8 Å². The van der Waals surface area contributed by atoms with Crippen LogP contribution in [-0.4, -0.2) is 51.1 Å². The van der Waals surface area contributed by atoms with Crippen molar-refractivity contribution in [1.82, 2.24) is 15.5 Å². The zero-order valence-electron chi connectivity index (χ0n) is 15.8. The number of amides is 1. The Labute approximate surface area is 158 Å². The molecule has 1 amide bonds. The predicted molar refractivity (Wildman–Crippen MR) is 101 cm³/mol. The number of rotatable bonds is 8. The first kappa shape index (κ1) is 20.3. The lowest BCUT2D eigenvalue weighted by Gasteiger charge is -2.15. The van der Waals surface area contributed by atoms with Crippen LogP contribution >= 0.6 is 0 Å². The smallest absolute Gasteiger partial charge is 0.241 e. The maximum Gasteiger partial charge on any atom is 0.241 e. The van der Waals surface area contributed by atoms with Crippen LogP contribution in [0.2, 0.25) is 0 Å². The van der Waals surface area contributed by atoms with Crippen molar-refractivity contribution in [3.8, 4) is 5.75 Å². The average molecular weight is 376 g/mol. The molecule has 2 aromatic rings. The van der Waals surface area contributed by atoms with Crippen molar-refractivity contribution < 1.29 is 18.3 Å². The van der Waals surface area contributed by atoms with Crippen molar-refractivity contribution in [2.24, 2.45) is 4.99 Å². The van der Waals surface area contributed by atoms with E-state index in [1.54, 1.807) is 26.4 Å². The molecule has 2 rings (SSSR count). The van der Waals surface area contributed by atoms with E-state index in [4.69, 9.17) is 9.15 Å². The van der Waals surface area contributed by atoms with Gasteiger partial charge in [0.2, 0.25) is 5.91 Å². The second-order valence-electron chi connectivity index (χ2n) is 6.06. The van der Waals surface area contributed by atoms with Crippen molar-refractivity contribution >= 4 is 11.9 Å². The molecular weight excluding hydrogens is 351 g/mol. The van der Waals surface area contributed by atoms with Gasteiger partial charge >= 0.3 is 0 Å². The molecule has 0 spiro atoms. The third-order valence-electron chi connectivity index (χ3n) is 3.74. The predicted octanol–water partition coefficient (Wildman–Crippen LogP) is 1.79. The molecule has 0 fully saturated rings. The van der Waals surface area contributed by atoms with E-state index in [1.165, 1.54) is 24.1 Å². The first-order valence-electron chi connectivity index (χ1n) is 8.56. The van der Waals surface area contributed by atoms with Crippen molar-refractivity contribution in [2.45, 2.75) is 13.0 Å². The molecule has 0 radical (unpaired) electrons. The SMILES string of the molecule is COc1cc(F)cc(CN=C(NCCc2ccco2)NCC(=O)N(C)C)c1. The Balaban J connectivity index is 2.01. The second-order valence-corrected chi connectivity index (χ2v) is 6.06. The number of hydrogen-bond donors (Lipinski definition) is 2. The van der Waals surface area contributed by atoms with Crippen LogP contribution in [0.3, 0.4) is 0 Å². The van der Waals surface area contributed by atoms with Gasteiger partial charge in [0.05, 0.1) is 26.5 Å². The number of nitrogens with one attached hydrogen (secondary N) is 2. The van der Waals surface area contributed by atoms with E-state index >= 15 is 0 Å². The Bertz CT molecular complexity index is 760. The third kappa shape index (κ3) is 7.01. The van der Waals surface area contributed by atoms with Crippen LogP contribution in [0.1, 0.15) is 11.3 Å². The summed E-state index contributed by atoms with van der Waals surface area (Å²) in [4.78, 5) is 17.7. The van der Waals surface area contributed by atoms with Gasteiger partial charge < -0.3 is 24.7 Å². The number of methoxy groups -OCH3 is 1. The number of ether oxygens (including phenoxy) is 1. The molecule has 0 aliphatic carbocycles. The lowest BCUT2D eigenvalue weighted by molar-refractivity contribution is -0.127. The van der Waals surface area contributed by atoms with E-state index in [2.05, 4.69) is 15.6 Å². The molecule has 0 bridgehead atoms. The summed E-state index contributed by atoms with van der Waals surface area (Å²) < 4.78 is 24.0. The summed E-state index contributed by atoms with van der Waals surface area (Å²) in [5, 5.41) is 6.14. The largest absolute Gasteiger partial charge is 0.497 e. The fourth-order valence-corrected chi connectivity index (χ4v) is 2.25. The molecule has 0 unspecified atom stereocenters. The Morgan fingerprint density at radius 2 is 2.11 bits per heavy atom. The van der Waals surface area contributed by atoms with E-state index in [1.807, 2.05) is 12.1 Å². The number of furan rings is 1. The molecule has 0 aliphatic rings. The number of aliphatic imine (C=N–C) groups is 1. The minimum atomic E-state index is -0.386. The van der Waals surface area contributed by atoms with Crippen LogP contribution in [0.25, 0.3) is 0 Å². The van der Waals surface area contributed by atoms with Gasteiger partial charge in [-0.1, -0.05) is 0 Å². The van der Waals surface area contributed by atoms with Gasteiger partial charge in [-0.05, 0) is 29.8 Å². The molecule has 1 heterocycles. The minimum absolute atomic E-state index is 0.0806. The highest BCUT2D eigenvalue weighted by Gasteiger charge is 2.07. The number of carbonyl (C=O) groups is 1. The summed E-state index contributed by atoms with van der Waals surface area (Å²) in [5.41, 5.74) is 0.665. The van der Waals surface area contributed by atoms with Crippen molar-refractivity contribution in [3.63, 3.8) is 0 Å². The molecule has 27 heavy (non-hydrogen) atoms. The standard InChI is InChI=1S/C19H25FN4O3/c1-24(2)18(25)13-23-19(21-7-6-16-5-4-8-27-16)22-12-14-9-15(20)11-17(10-14)26-3/h4-5,8-11H,6-7,12-13H2,1-3H3,(H2,21,22,23). The number of nitrogens with zero attached hydrogens (tertiary/aromatic N) is 2. The normalized spacial score (nSPS) is 11.2. The zero-order valence-corrected chi connectivity index (χ0v) is 15.8. The molecular formula is C19H25FN4O3. The Kier molecular flexibility index (Phi) is 7.66. The summed E-state index contributed by atoms with van der Waals surface area (Å²) in [6, 6.07) is 8.15. The molecule has 0 aliphatic heterocycles. The summed E-state index contributed by atoms with van der Waals surface area (Å²) in [6.45, 7) is 0.911. The number of guanidine groups is 1. The van der Waals surface area contributed by atoms with Crippen molar-refractivity contribution in [3.05, 3.63) is 53.7 Å². The van der Waals surface area contributed by atoms with Gasteiger partial charge in [-0.3, -0.25) is 4.79 Å². The second kappa shape index (κ2) is 10.2. The highest BCUT2D eigenvalue weighted by atomic mass is 19.1. The quantitative estimate of drug-likeness (QED) is 0.543. The van der Waals surface area contributed by atoms with Crippen molar-refractivity contribution in [1.29, 1.82) is 0 Å². The number of carbonyl (C=O) groups excluding carboxylic acids is 1. The maximum atomic E-state index is 13.6. The van der Waals surface area contributed by atoms with Crippen LogP contribution in [0, 0.1) is 5.82 Å². The lowest BCUT2D eigenvalue weighted by atomic mass is 10.2. The Hall–Kier alpha value is -3.03. The van der Waals surface area contributed by atoms with E-state index in [-0.39, 0.29) is 24.8 Å². The topological polar surface area (TPSA) is 79.1 Å². The van der Waals surface area contributed by atoms with E-state index < -0.39 is 0 Å². The van der Waals surface area contributed by atoms with E-state index in [0.717, 1.165) is 5.76 Å². The molecule has 7 nitrogen and oxygen atoms in total. The Morgan fingerprint density at radius 3 is 2.78 bits per heavy atom. The number of halogens is 1. The zero-order chi connectivity index (χ0) is 19.6. The van der Waals surface area contributed by atoms with Crippen LogP contribution in [0.4, 0.5) is 4.39 Å². The molecule has 8 heteroatoms. The first-order valence-corrected chi connectivity index (χ1v) is 8.56. The van der Waals surface area contributed by atoms with Gasteiger partial charge in [-0.25, -0.2) is 9.38 Å². The lowest BCUT2D eigenvalue weighted by Crippen LogP contribution is -2.43. The highest BCUT2D eigenvalue weighted by molar-refractivity contribution is 5.86. The molecule has 0 saturated carbocycles. The van der Waals surface area contributed by atoms with Gasteiger partial charge in [-0.15, -0.1) is 0 Å². The highest BCUT2D eigenvalue weighted by Crippen LogP contribution is 2.16. The molecule has 1 aromatic heterocycles. The van der Waals surface area contributed by atoms with Crippen LogP contribution in [0.5, 0.6) is 5.75 Å². The number of likely N-dealkylation sites (N-methyl/N-ethyl adjacent to an activating group) is 1. The average Bonchev–Trinajstić information content (AvgIpc) is 3.16. The fraction of sp³-hybridized carbons (Fsp3) is 0.368. The summed E-state index contributed by atoms with van der Waals surface area (Å²) in [5.74, 6) is 1.27.